The second-order valence-corrected chi connectivity index (χ2v) is 5.51. The smallest absolute Gasteiger partial charge is 0.119 e. The van der Waals surface area contributed by atoms with E-state index in [1.807, 2.05) is 42.5 Å². The summed E-state index contributed by atoms with van der Waals surface area (Å²) in [6.07, 6.45) is 0. The minimum absolute atomic E-state index is 0.758. The Labute approximate surface area is 123 Å². The summed E-state index contributed by atoms with van der Waals surface area (Å²) in [4.78, 5) is 1.21. The molecule has 0 bridgehead atoms. The van der Waals surface area contributed by atoms with Crippen LogP contribution in [-0.4, -0.2) is 19.4 Å². The molecule has 0 unspecified atom stereocenters. The zero-order chi connectivity index (χ0) is 13.5. The van der Waals surface area contributed by atoms with Crippen LogP contribution in [0.5, 0.6) is 5.75 Å². The van der Waals surface area contributed by atoms with Crippen LogP contribution in [0.1, 0.15) is 0 Å². The molecule has 2 aromatic carbocycles. The maximum atomic E-state index is 6.07. The van der Waals surface area contributed by atoms with Crippen LogP contribution in [0.15, 0.2) is 53.4 Å². The van der Waals surface area contributed by atoms with Gasteiger partial charge in [-0.1, -0.05) is 29.8 Å². The molecule has 0 aliphatic rings. The Bertz CT molecular complexity index is 533. The van der Waals surface area contributed by atoms with Crippen LogP contribution in [-0.2, 0) is 0 Å². The summed E-state index contributed by atoms with van der Waals surface area (Å²) in [7, 11) is 1.68. The van der Waals surface area contributed by atoms with E-state index < -0.39 is 0 Å². The number of anilines is 1. The van der Waals surface area contributed by atoms with Crippen molar-refractivity contribution in [3.05, 3.63) is 53.6 Å². The SMILES string of the molecule is COc1cccc(SCCNc2ccccc2Cl)c1. The van der Waals surface area contributed by atoms with Crippen molar-refractivity contribution in [2.75, 3.05) is 24.7 Å². The molecule has 1 N–H and O–H groups in total. The lowest BCUT2D eigenvalue weighted by molar-refractivity contribution is 0.413. The third-order valence-electron chi connectivity index (χ3n) is 2.60. The Kier molecular flexibility index (Phi) is 5.43. The van der Waals surface area contributed by atoms with Gasteiger partial charge in [-0.25, -0.2) is 0 Å². The summed E-state index contributed by atoms with van der Waals surface area (Å²) in [6, 6.07) is 15.9. The van der Waals surface area contributed by atoms with Crippen LogP contribution >= 0.6 is 23.4 Å². The van der Waals surface area contributed by atoms with E-state index >= 15 is 0 Å². The fourth-order valence-electron chi connectivity index (χ4n) is 1.65. The minimum Gasteiger partial charge on any atom is -0.497 e. The standard InChI is InChI=1S/C15H16ClNOS/c1-18-12-5-4-6-13(11-12)19-10-9-17-15-8-3-2-7-14(15)16/h2-8,11,17H,9-10H2,1H3. The molecule has 4 heteroatoms. The molecule has 0 radical (unpaired) electrons. The number of methoxy groups -OCH3 is 1. The average Bonchev–Trinajstić information content (AvgIpc) is 2.45. The highest BCUT2D eigenvalue weighted by Crippen LogP contribution is 2.23. The molecule has 2 aromatic rings. The number of nitrogens with one attached hydrogen (secondary N) is 1. The van der Waals surface area contributed by atoms with E-state index in [4.69, 9.17) is 16.3 Å². The second-order valence-electron chi connectivity index (χ2n) is 3.93. The number of para-hydroxylation sites is 1. The van der Waals surface area contributed by atoms with Crippen molar-refractivity contribution in [3.63, 3.8) is 0 Å². The van der Waals surface area contributed by atoms with Gasteiger partial charge in [0.15, 0.2) is 0 Å². The largest absolute Gasteiger partial charge is 0.497 e. The number of rotatable bonds is 6. The number of halogens is 1. The van der Waals surface area contributed by atoms with Crippen molar-refractivity contribution in [1.82, 2.24) is 0 Å². The predicted octanol–water partition coefficient (Wildman–Crippen LogP) is 4.55. The van der Waals surface area contributed by atoms with Crippen molar-refractivity contribution in [2.24, 2.45) is 0 Å². The van der Waals surface area contributed by atoms with Crippen molar-refractivity contribution in [1.29, 1.82) is 0 Å². The van der Waals surface area contributed by atoms with Crippen LogP contribution in [0.25, 0.3) is 0 Å². The Hall–Kier alpha value is -1.32. The molecule has 0 aliphatic carbocycles. The lowest BCUT2D eigenvalue weighted by Crippen LogP contribution is -2.04. The number of ether oxygens (including phenoxy) is 1. The monoisotopic (exact) mass is 293 g/mol. The topological polar surface area (TPSA) is 21.3 Å². The Morgan fingerprint density at radius 2 is 2.00 bits per heavy atom. The number of hydrogen-bond donors (Lipinski definition) is 1. The lowest BCUT2D eigenvalue weighted by atomic mass is 10.3. The fraction of sp³-hybridized carbons (Fsp3) is 0.200. The molecule has 0 spiro atoms. The first-order chi connectivity index (χ1) is 9.29. The number of benzene rings is 2. The Balaban J connectivity index is 1.79. The van der Waals surface area contributed by atoms with E-state index in [2.05, 4.69) is 11.4 Å². The highest BCUT2D eigenvalue weighted by atomic mass is 35.5. The maximum absolute atomic E-state index is 6.07. The van der Waals surface area contributed by atoms with Crippen molar-refractivity contribution in [3.8, 4) is 5.75 Å². The van der Waals surface area contributed by atoms with Gasteiger partial charge in [0.25, 0.3) is 0 Å². The van der Waals surface area contributed by atoms with Crippen molar-refractivity contribution < 1.29 is 4.74 Å². The molecule has 19 heavy (non-hydrogen) atoms. The predicted molar refractivity (Wildman–Crippen MR) is 83.7 cm³/mol. The van der Waals surface area contributed by atoms with Crippen LogP contribution in [0, 0.1) is 0 Å². The molecule has 0 heterocycles. The van der Waals surface area contributed by atoms with Gasteiger partial charge in [0.05, 0.1) is 17.8 Å². The third kappa shape index (κ3) is 4.37. The van der Waals surface area contributed by atoms with Gasteiger partial charge < -0.3 is 10.1 Å². The van der Waals surface area contributed by atoms with Crippen LogP contribution in [0.3, 0.4) is 0 Å². The number of thioether (sulfide) groups is 1. The van der Waals surface area contributed by atoms with Crippen LogP contribution < -0.4 is 10.1 Å². The summed E-state index contributed by atoms with van der Waals surface area (Å²) in [6.45, 7) is 0.867. The van der Waals surface area contributed by atoms with E-state index in [-0.39, 0.29) is 0 Å². The van der Waals surface area contributed by atoms with E-state index in [9.17, 15) is 0 Å². The minimum atomic E-state index is 0.758. The Morgan fingerprint density at radius 3 is 2.79 bits per heavy atom. The zero-order valence-electron chi connectivity index (χ0n) is 10.7. The van der Waals surface area contributed by atoms with E-state index in [0.717, 1.165) is 28.8 Å². The molecule has 0 saturated carbocycles. The summed E-state index contributed by atoms with van der Waals surface area (Å²) < 4.78 is 5.20. The summed E-state index contributed by atoms with van der Waals surface area (Å²) in [5.41, 5.74) is 0.982. The highest BCUT2D eigenvalue weighted by molar-refractivity contribution is 7.99. The second kappa shape index (κ2) is 7.31. The molecule has 0 atom stereocenters. The summed E-state index contributed by atoms with van der Waals surface area (Å²) in [5.74, 6) is 1.86. The van der Waals surface area contributed by atoms with E-state index in [1.165, 1.54) is 4.90 Å². The van der Waals surface area contributed by atoms with Gasteiger partial charge >= 0.3 is 0 Å². The van der Waals surface area contributed by atoms with Crippen molar-refractivity contribution in [2.45, 2.75) is 4.90 Å². The highest BCUT2D eigenvalue weighted by Gasteiger charge is 1.99. The normalized spacial score (nSPS) is 10.2. The van der Waals surface area contributed by atoms with Gasteiger partial charge in [0, 0.05) is 17.2 Å². The molecule has 2 rings (SSSR count). The zero-order valence-corrected chi connectivity index (χ0v) is 12.3. The first-order valence-electron chi connectivity index (χ1n) is 6.05. The van der Waals surface area contributed by atoms with Gasteiger partial charge in [-0.15, -0.1) is 11.8 Å². The first kappa shape index (κ1) is 14.1. The van der Waals surface area contributed by atoms with Crippen LogP contribution in [0.2, 0.25) is 5.02 Å². The molecule has 100 valence electrons. The van der Waals surface area contributed by atoms with Gasteiger partial charge in [0.2, 0.25) is 0 Å². The fourth-order valence-corrected chi connectivity index (χ4v) is 2.67. The molecule has 0 aromatic heterocycles. The Morgan fingerprint density at radius 1 is 1.16 bits per heavy atom. The molecule has 0 saturated heterocycles. The van der Waals surface area contributed by atoms with Gasteiger partial charge in [-0.3, -0.25) is 0 Å². The van der Waals surface area contributed by atoms with Gasteiger partial charge in [-0.05, 0) is 30.3 Å². The molecule has 2 nitrogen and oxygen atoms in total. The lowest BCUT2D eigenvalue weighted by Gasteiger charge is -2.08. The van der Waals surface area contributed by atoms with Crippen molar-refractivity contribution >= 4 is 29.1 Å². The summed E-state index contributed by atoms with van der Waals surface area (Å²) in [5, 5.41) is 4.09. The maximum Gasteiger partial charge on any atom is 0.119 e. The summed E-state index contributed by atoms with van der Waals surface area (Å²) >= 11 is 7.86. The van der Waals surface area contributed by atoms with Crippen LogP contribution in [0.4, 0.5) is 5.69 Å². The van der Waals surface area contributed by atoms with E-state index in [0.29, 0.717) is 0 Å². The average molecular weight is 294 g/mol. The van der Waals surface area contributed by atoms with E-state index in [1.54, 1.807) is 18.9 Å². The number of hydrogen-bond acceptors (Lipinski definition) is 3. The molecule has 0 amide bonds. The quantitative estimate of drug-likeness (QED) is 0.623. The van der Waals surface area contributed by atoms with Gasteiger partial charge in [-0.2, -0.15) is 0 Å². The molecular formula is C15H16ClNOS. The molecule has 0 aliphatic heterocycles. The molecular weight excluding hydrogens is 278 g/mol. The van der Waals surface area contributed by atoms with Gasteiger partial charge in [0.1, 0.15) is 5.75 Å². The molecule has 0 fully saturated rings. The third-order valence-corrected chi connectivity index (χ3v) is 3.93. The first-order valence-corrected chi connectivity index (χ1v) is 7.41.